The van der Waals surface area contributed by atoms with Gasteiger partial charge in [0.1, 0.15) is 5.82 Å². The molecular formula is C19H22F2N2O2. The van der Waals surface area contributed by atoms with Gasteiger partial charge in [-0.05, 0) is 42.7 Å². The molecule has 0 aliphatic rings. The van der Waals surface area contributed by atoms with E-state index in [0.29, 0.717) is 6.54 Å². The van der Waals surface area contributed by atoms with E-state index in [9.17, 15) is 13.6 Å². The van der Waals surface area contributed by atoms with E-state index >= 15 is 0 Å². The predicted octanol–water partition coefficient (Wildman–Crippen LogP) is 3.16. The smallest absolute Gasteiger partial charge is 0.257 e. The Morgan fingerprint density at radius 2 is 1.84 bits per heavy atom. The van der Waals surface area contributed by atoms with Gasteiger partial charge < -0.3 is 15.0 Å². The van der Waals surface area contributed by atoms with Crippen molar-refractivity contribution in [1.29, 1.82) is 0 Å². The van der Waals surface area contributed by atoms with E-state index in [1.165, 1.54) is 5.56 Å². The molecule has 2 rings (SSSR count). The van der Waals surface area contributed by atoms with Gasteiger partial charge in [0.25, 0.3) is 5.91 Å². The highest BCUT2D eigenvalue weighted by Crippen LogP contribution is 2.17. The van der Waals surface area contributed by atoms with Gasteiger partial charge in [-0.3, -0.25) is 4.79 Å². The number of ether oxygens (including phenoxy) is 1. The molecule has 0 aliphatic carbocycles. The molecule has 0 spiro atoms. The van der Waals surface area contributed by atoms with Crippen LogP contribution in [-0.2, 0) is 11.2 Å². The summed E-state index contributed by atoms with van der Waals surface area (Å²) in [6, 6.07) is 11.2. The number of hydrogen-bond acceptors (Lipinski definition) is 3. The van der Waals surface area contributed by atoms with Crippen LogP contribution in [0.3, 0.4) is 0 Å². The molecule has 25 heavy (non-hydrogen) atoms. The van der Waals surface area contributed by atoms with Gasteiger partial charge in [-0.2, -0.15) is 0 Å². The van der Waals surface area contributed by atoms with E-state index in [0.717, 1.165) is 36.7 Å². The van der Waals surface area contributed by atoms with E-state index in [1.807, 2.05) is 19.0 Å². The Labute approximate surface area is 146 Å². The van der Waals surface area contributed by atoms with Gasteiger partial charge in [0.05, 0.1) is 0 Å². The van der Waals surface area contributed by atoms with Crippen molar-refractivity contribution in [3.63, 3.8) is 0 Å². The lowest BCUT2D eigenvalue weighted by atomic mass is 10.1. The van der Waals surface area contributed by atoms with Crippen molar-refractivity contribution in [3.8, 4) is 5.75 Å². The minimum atomic E-state index is -0.825. The average molecular weight is 348 g/mol. The van der Waals surface area contributed by atoms with Gasteiger partial charge >= 0.3 is 0 Å². The number of carbonyl (C=O) groups excluding carboxylic acids is 1. The summed E-state index contributed by atoms with van der Waals surface area (Å²) in [6.07, 6.45) is 1.64. The second-order valence-electron chi connectivity index (χ2n) is 5.88. The van der Waals surface area contributed by atoms with Crippen LogP contribution in [0.5, 0.6) is 5.75 Å². The minimum Gasteiger partial charge on any atom is -0.481 e. The molecule has 0 saturated heterocycles. The van der Waals surface area contributed by atoms with Gasteiger partial charge in [-0.15, -0.1) is 0 Å². The number of benzene rings is 2. The molecule has 1 amide bonds. The van der Waals surface area contributed by atoms with E-state index in [-0.39, 0.29) is 18.3 Å². The fourth-order valence-corrected chi connectivity index (χ4v) is 2.27. The third kappa shape index (κ3) is 6.06. The molecule has 0 aromatic heterocycles. The Kier molecular flexibility index (Phi) is 6.74. The molecular weight excluding hydrogens is 326 g/mol. The lowest BCUT2D eigenvalue weighted by Crippen LogP contribution is -2.30. The fourth-order valence-electron chi connectivity index (χ4n) is 2.27. The molecule has 2 aromatic carbocycles. The van der Waals surface area contributed by atoms with Gasteiger partial charge in [-0.1, -0.05) is 12.1 Å². The molecule has 6 heteroatoms. The van der Waals surface area contributed by atoms with E-state index < -0.39 is 11.6 Å². The first-order valence-corrected chi connectivity index (χ1v) is 8.06. The minimum absolute atomic E-state index is 0.141. The SMILES string of the molecule is CN(C)c1ccc(CCCNC(=O)COc2ccc(F)cc2F)cc1. The summed E-state index contributed by atoms with van der Waals surface area (Å²) in [5.41, 5.74) is 2.34. The fraction of sp³-hybridized carbons (Fsp3) is 0.316. The van der Waals surface area contributed by atoms with Crippen LogP contribution in [0.25, 0.3) is 0 Å². The lowest BCUT2D eigenvalue weighted by molar-refractivity contribution is -0.123. The predicted molar refractivity (Wildman–Crippen MR) is 94.0 cm³/mol. The Hall–Kier alpha value is -2.63. The molecule has 134 valence electrons. The number of amides is 1. The van der Waals surface area contributed by atoms with Crippen molar-refractivity contribution in [2.24, 2.45) is 0 Å². The number of aryl methyl sites for hydroxylation is 1. The highest BCUT2D eigenvalue weighted by molar-refractivity contribution is 5.77. The molecule has 0 unspecified atom stereocenters. The molecule has 1 N–H and O–H groups in total. The molecule has 0 heterocycles. The van der Waals surface area contributed by atoms with Crippen LogP contribution in [0, 0.1) is 11.6 Å². The van der Waals surface area contributed by atoms with Crippen molar-refractivity contribution in [2.75, 3.05) is 32.1 Å². The van der Waals surface area contributed by atoms with Crippen molar-refractivity contribution >= 4 is 11.6 Å². The zero-order valence-corrected chi connectivity index (χ0v) is 14.4. The number of hydrogen-bond donors (Lipinski definition) is 1. The largest absolute Gasteiger partial charge is 0.481 e. The monoisotopic (exact) mass is 348 g/mol. The third-order valence-corrected chi connectivity index (χ3v) is 3.67. The van der Waals surface area contributed by atoms with Crippen LogP contribution < -0.4 is 15.0 Å². The van der Waals surface area contributed by atoms with Crippen LogP contribution in [0.1, 0.15) is 12.0 Å². The maximum Gasteiger partial charge on any atom is 0.257 e. The van der Waals surface area contributed by atoms with Crippen molar-refractivity contribution in [2.45, 2.75) is 12.8 Å². The molecule has 0 aliphatic heterocycles. The third-order valence-electron chi connectivity index (χ3n) is 3.67. The summed E-state index contributed by atoms with van der Waals surface area (Å²) in [5.74, 6) is -1.99. The topological polar surface area (TPSA) is 41.6 Å². The first-order valence-electron chi connectivity index (χ1n) is 8.06. The normalized spacial score (nSPS) is 10.4. The van der Waals surface area contributed by atoms with Crippen LogP contribution in [-0.4, -0.2) is 33.2 Å². The second-order valence-corrected chi connectivity index (χ2v) is 5.88. The van der Waals surface area contributed by atoms with Crippen molar-refractivity contribution in [1.82, 2.24) is 5.32 Å². The van der Waals surface area contributed by atoms with E-state index in [2.05, 4.69) is 29.6 Å². The first kappa shape index (κ1) is 18.7. The Bertz CT molecular complexity index is 703. The van der Waals surface area contributed by atoms with Crippen LogP contribution in [0.4, 0.5) is 14.5 Å². The summed E-state index contributed by atoms with van der Waals surface area (Å²) in [7, 11) is 3.98. The van der Waals surface area contributed by atoms with Gasteiger partial charge in [0, 0.05) is 32.4 Å². The molecule has 0 radical (unpaired) electrons. The number of carbonyl (C=O) groups is 1. The quantitative estimate of drug-likeness (QED) is 0.745. The number of nitrogens with zero attached hydrogens (tertiary/aromatic N) is 1. The molecule has 0 atom stereocenters. The van der Waals surface area contributed by atoms with Gasteiger partial charge in [0.2, 0.25) is 0 Å². The Morgan fingerprint density at radius 1 is 1.12 bits per heavy atom. The molecule has 0 saturated carbocycles. The van der Waals surface area contributed by atoms with Crippen LogP contribution >= 0.6 is 0 Å². The number of nitrogens with one attached hydrogen (secondary N) is 1. The molecule has 0 bridgehead atoms. The zero-order valence-electron chi connectivity index (χ0n) is 14.4. The zero-order chi connectivity index (χ0) is 18.2. The summed E-state index contributed by atoms with van der Waals surface area (Å²) in [4.78, 5) is 13.7. The van der Waals surface area contributed by atoms with Crippen molar-refractivity contribution in [3.05, 3.63) is 59.7 Å². The van der Waals surface area contributed by atoms with Gasteiger partial charge in [0.15, 0.2) is 18.2 Å². The average Bonchev–Trinajstić information content (AvgIpc) is 2.58. The highest BCUT2D eigenvalue weighted by Gasteiger charge is 2.07. The van der Waals surface area contributed by atoms with E-state index in [1.54, 1.807) is 0 Å². The maximum atomic E-state index is 13.4. The Morgan fingerprint density at radius 3 is 2.48 bits per heavy atom. The standard InChI is InChI=1S/C19H22F2N2O2/c1-23(2)16-8-5-14(6-9-16)4-3-11-22-19(24)13-25-18-10-7-15(20)12-17(18)21/h5-10,12H,3-4,11,13H2,1-2H3,(H,22,24). The maximum absolute atomic E-state index is 13.4. The number of halogens is 2. The highest BCUT2D eigenvalue weighted by atomic mass is 19.1. The van der Waals surface area contributed by atoms with Crippen LogP contribution in [0.2, 0.25) is 0 Å². The summed E-state index contributed by atoms with van der Waals surface area (Å²) < 4.78 is 31.2. The first-order chi connectivity index (χ1) is 12.0. The summed E-state index contributed by atoms with van der Waals surface area (Å²) in [6.45, 7) is 0.198. The number of anilines is 1. The lowest BCUT2D eigenvalue weighted by Gasteiger charge is -2.12. The molecule has 0 fully saturated rings. The van der Waals surface area contributed by atoms with E-state index in [4.69, 9.17) is 4.74 Å². The molecule has 4 nitrogen and oxygen atoms in total. The molecule has 2 aromatic rings. The number of rotatable bonds is 8. The second kappa shape index (κ2) is 9.01. The summed E-state index contributed by atoms with van der Waals surface area (Å²) in [5, 5.41) is 2.71. The Balaban J connectivity index is 1.66. The van der Waals surface area contributed by atoms with Crippen molar-refractivity contribution < 1.29 is 18.3 Å². The summed E-state index contributed by atoms with van der Waals surface area (Å²) >= 11 is 0. The van der Waals surface area contributed by atoms with Gasteiger partial charge in [-0.25, -0.2) is 8.78 Å². The van der Waals surface area contributed by atoms with Crippen LogP contribution in [0.15, 0.2) is 42.5 Å².